The molecule has 0 saturated heterocycles. The Morgan fingerprint density at radius 2 is 1.13 bits per heavy atom. The molecule has 0 radical (unpaired) electrons. The zero-order valence-electron chi connectivity index (χ0n) is 33.4. The van der Waals surface area contributed by atoms with Gasteiger partial charge in [0.1, 0.15) is 24.2 Å². The first kappa shape index (κ1) is 43.1. The number of rotatable bonds is 21. The average molecular weight is 830 g/mol. The molecule has 0 aliphatic carbocycles. The molecule has 6 rings (SSSR count). The number of hydrogen-bond acceptors (Lipinski definition) is 8. The molecule has 15 N–H and O–H groups in total. The molecule has 0 saturated carbocycles. The van der Waals surface area contributed by atoms with E-state index in [0.29, 0.717) is 5.69 Å². The van der Waals surface area contributed by atoms with Crippen molar-refractivity contribution in [1.82, 2.24) is 41.2 Å². The molecule has 61 heavy (non-hydrogen) atoms. The van der Waals surface area contributed by atoms with E-state index in [0.717, 1.165) is 38.5 Å². The zero-order chi connectivity index (χ0) is 43.3. The molecule has 318 valence electrons. The molecule has 0 bridgehead atoms. The second kappa shape index (κ2) is 20.5. The number of imidazole rings is 1. The first-order valence-corrected chi connectivity index (χ1v) is 19.9. The molecular formula is C43H51N13O5. The van der Waals surface area contributed by atoms with Gasteiger partial charge in [0.05, 0.1) is 12.4 Å². The third-order valence-corrected chi connectivity index (χ3v) is 10.3. The number of para-hydroxylation sites is 2. The molecule has 3 aromatic heterocycles. The highest BCUT2D eigenvalue weighted by Gasteiger charge is 2.33. The first-order valence-electron chi connectivity index (χ1n) is 19.9. The Hall–Kier alpha value is -7.47. The number of nitrogens with zero attached hydrogens (tertiary/aromatic N) is 2. The summed E-state index contributed by atoms with van der Waals surface area (Å²) in [5.74, 6) is -3.55. The van der Waals surface area contributed by atoms with Crippen molar-refractivity contribution in [2.45, 2.75) is 68.7 Å². The number of benzene rings is 3. The Bertz CT molecular complexity index is 2460. The lowest BCUT2D eigenvalue weighted by Gasteiger charge is -2.27. The molecule has 18 heteroatoms. The standard InChI is InChI=1S/C43H51N13O5/c44-31(20-28-23-48-24-52-28)39(58)55-36(18-26-21-50-32-13-6-4-11-29(26)32)41(60)53-34(15-8-16-49-43(46)47)40(59)56-37(19-27-22-51-33-14-7-5-12-30(27)33)42(61)54-35(38(45)57)17-25-9-2-1-3-10-25/h1-7,9-14,21-24,31,34-37,50-51H,8,15-20,44H2,(H2,45,57)(H,48,52)(H,53,60)(H,54,61)(H,55,58)(H,56,59)(H4,46,47,49)/t31-,34+,35+,36+,37-/m0/s1. The largest absolute Gasteiger partial charge is 0.370 e. The monoisotopic (exact) mass is 829 g/mol. The van der Waals surface area contributed by atoms with Crippen molar-refractivity contribution in [2.24, 2.45) is 27.9 Å². The topological polar surface area (TPSA) is 310 Å². The third kappa shape index (κ3) is 11.8. The van der Waals surface area contributed by atoms with E-state index in [1.54, 1.807) is 18.6 Å². The first-order chi connectivity index (χ1) is 29.4. The molecule has 5 atom stereocenters. The van der Waals surface area contributed by atoms with Crippen molar-refractivity contribution in [3.05, 3.63) is 126 Å². The maximum absolute atomic E-state index is 14.4. The summed E-state index contributed by atoms with van der Waals surface area (Å²) in [6, 6.07) is 18.3. The molecular weight excluding hydrogens is 779 g/mol. The van der Waals surface area contributed by atoms with Crippen LogP contribution >= 0.6 is 0 Å². The predicted octanol–water partition coefficient (Wildman–Crippen LogP) is 0.448. The summed E-state index contributed by atoms with van der Waals surface area (Å²) in [5.41, 5.74) is 27.7. The molecule has 3 aromatic carbocycles. The van der Waals surface area contributed by atoms with Gasteiger partial charge in [-0.1, -0.05) is 66.7 Å². The molecule has 0 aliphatic rings. The number of aromatic amines is 3. The quantitative estimate of drug-likeness (QED) is 0.0272. The molecule has 0 fully saturated rings. The number of amides is 5. The second-order valence-electron chi connectivity index (χ2n) is 14.8. The fourth-order valence-electron chi connectivity index (χ4n) is 7.13. The van der Waals surface area contributed by atoms with E-state index >= 15 is 0 Å². The fraction of sp³-hybridized carbons (Fsp3) is 0.279. The highest BCUT2D eigenvalue weighted by molar-refractivity contribution is 5.97. The SMILES string of the molecule is NC(=O)[C@@H](Cc1ccccc1)NC(=O)[C@H](Cc1c[nH]c2ccccc12)NC(=O)[C@@H](CCCN=C(N)N)NC(=O)[C@@H](Cc1c[nH]c2ccccc12)NC(=O)[C@@H](N)Cc1cnc[nH]1. The van der Waals surface area contributed by atoms with Crippen LogP contribution in [0.15, 0.2) is 109 Å². The van der Waals surface area contributed by atoms with Crippen molar-refractivity contribution in [3.63, 3.8) is 0 Å². The Kier molecular flexibility index (Phi) is 14.5. The van der Waals surface area contributed by atoms with E-state index in [4.69, 9.17) is 22.9 Å². The fourth-order valence-corrected chi connectivity index (χ4v) is 7.13. The molecule has 0 unspecified atom stereocenters. The predicted molar refractivity (Wildman–Crippen MR) is 231 cm³/mol. The van der Waals surface area contributed by atoms with Crippen molar-refractivity contribution >= 4 is 57.3 Å². The van der Waals surface area contributed by atoms with Gasteiger partial charge in [0.2, 0.25) is 29.5 Å². The number of fused-ring (bicyclic) bond motifs is 2. The molecule has 5 amide bonds. The van der Waals surface area contributed by atoms with Gasteiger partial charge < -0.3 is 59.2 Å². The van der Waals surface area contributed by atoms with Crippen molar-refractivity contribution < 1.29 is 24.0 Å². The van der Waals surface area contributed by atoms with Gasteiger partial charge in [-0.05, 0) is 41.7 Å². The highest BCUT2D eigenvalue weighted by atomic mass is 16.2. The Balaban J connectivity index is 1.27. The molecule has 0 spiro atoms. The zero-order valence-corrected chi connectivity index (χ0v) is 33.4. The number of nitrogens with one attached hydrogen (secondary N) is 7. The maximum atomic E-state index is 14.4. The molecule has 3 heterocycles. The lowest BCUT2D eigenvalue weighted by molar-refractivity contribution is -0.134. The summed E-state index contributed by atoms with van der Waals surface area (Å²) < 4.78 is 0. The van der Waals surface area contributed by atoms with Crippen molar-refractivity contribution in [1.29, 1.82) is 0 Å². The number of carbonyl (C=O) groups excluding carboxylic acids is 5. The van der Waals surface area contributed by atoms with Crippen LogP contribution in [-0.4, -0.2) is 92.2 Å². The van der Waals surface area contributed by atoms with Gasteiger partial charge in [-0.25, -0.2) is 4.98 Å². The van der Waals surface area contributed by atoms with E-state index in [-0.39, 0.29) is 51.0 Å². The van der Waals surface area contributed by atoms with Crippen LogP contribution in [-0.2, 0) is 49.7 Å². The van der Waals surface area contributed by atoms with Crippen LogP contribution < -0.4 is 44.2 Å². The van der Waals surface area contributed by atoms with Crippen LogP contribution in [0.4, 0.5) is 0 Å². The number of aliphatic imine (C=N–C) groups is 1. The van der Waals surface area contributed by atoms with Gasteiger partial charge >= 0.3 is 0 Å². The van der Waals surface area contributed by atoms with Crippen molar-refractivity contribution in [2.75, 3.05) is 6.54 Å². The van der Waals surface area contributed by atoms with Crippen LogP contribution in [0.25, 0.3) is 21.8 Å². The van der Waals surface area contributed by atoms with E-state index in [1.807, 2.05) is 78.9 Å². The summed E-state index contributed by atoms with van der Waals surface area (Å²) in [6.07, 6.45) is 7.13. The number of carbonyl (C=O) groups is 5. The Morgan fingerprint density at radius 1 is 0.607 bits per heavy atom. The number of primary amides is 1. The Labute approximate surface area is 351 Å². The minimum absolute atomic E-state index is 0.0144. The number of aromatic nitrogens is 4. The van der Waals surface area contributed by atoms with E-state index in [2.05, 4.69) is 46.2 Å². The van der Waals surface area contributed by atoms with Crippen molar-refractivity contribution in [3.8, 4) is 0 Å². The maximum Gasteiger partial charge on any atom is 0.243 e. The van der Waals surface area contributed by atoms with Crippen LogP contribution in [0, 0.1) is 0 Å². The van der Waals surface area contributed by atoms with Gasteiger partial charge in [0.15, 0.2) is 5.96 Å². The minimum Gasteiger partial charge on any atom is -0.370 e. The van der Waals surface area contributed by atoms with Gasteiger partial charge in [-0.15, -0.1) is 0 Å². The summed E-state index contributed by atoms with van der Waals surface area (Å²) in [5, 5.41) is 12.9. The lowest BCUT2D eigenvalue weighted by Crippen LogP contribution is -2.59. The van der Waals surface area contributed by atoms with E-state index < -0.39 is 59.7 Å². The lowest BCUT2D eigenvalue weighted by atomic mass is 10.0. The minimum atomic E-state index is -1.24. The second-order valence-corrected chi connectivity index (χ2v) is 14.8. The molecule has 6 aromatic rings. The summed E-state index contributed by atoms with van der Waals surface area (Å²) >= 11 is 0. The normalized spacial score (nSPS) is 13.7. The van der Waals surface area contributed by atoms with Gasteiger partial charge in [-0.3, -0.25) is 29.0 Å². The van der Waals surface area contributed by atoms with Crippen LogP contribution in [0.2, 0.25) is 0 Å². The Morgan fingerprint density at radius 3 is 1.69 bits per heavy atom. The highest BCUT2D eigenvalue weighted by Crippen LogP contribution is 2.21. The number of guanidine groups is 1. The van der Waals surface area contributed by atoms with Gasteiger partial charge in [0, 0.05) is 78.3 Å². The van der Waals surface area contributed by atoms with Crippen LogP contribution in [0.3, 0.4) is 0 Å². The number of hydrogen-bond donors (Lipinski definition) is 11. The summed E-state index contributed by atoms with van der Waals surface area (Å²) in [7, 11) is 0. The average Bonchev–Trinajstić information content (AvgIpc) is 4.02. The summed E-state index contributed by atoms with van der Waals surface area (Å²) in [4.78, 5) is 86.5. The molecule has 0 aliphatic heterocycles. The smallest absolute Gasteiger partial charge is 0.243 e. The van der Waals surface area contributed by atoms with Crippen LogP contribution in [0.1, 0.15) is 35.2 Å². The van der Waals surface area contributed by atoms with Gasteiger partial charge in [0.25, 0.3) is 0 Å². The number of nitrogens with two attached hydrogens (primary N) is 4. The van der Waals surface area contributed by atoms with E-state index in [1.165, 1.54) is 6.33 Å². The summed E-state index contributed by atoms with van der Waals surface area (Å²) in [6.45, 7) is 0.138. The molecule has 18 nitrogen and oxygen atoms in total. The van der Waals surface area contributed by atoms with Crippen LogP contribution in [0.5, 0.6) is 0 Å². The van der Waals surface area contributed by atoms with Gasteiger partial charge in [-0.2, -0.15) is 0 Å². The third-order valence-electron chi connectivity index (χ3n) is 10.3. The van der Waals surface area contributed by atoms with E-state index in [9.17, 15) is 24.0 Å². The number of H-pyrrole nitrogens is 3.